The Kier molecular flexibility index (Phi) is 1.60. The molecule has 0 bridgehead atoms. The number of hydrogen-bond donors (Lipinski definition) is 0. The Hall–Kier alpha value is -1.32. The number of carbonyl (C=O) groups is 1. The van der Waals surface area contributed by atoms with Crippen LogP contribution < -0.4 is 0 Å². The number of oxazole rings is 1. The molecule has 64 valence electrons. The molecule has 1 aromatic rings. The quantitative estimate of drug-likeness (QED) is 0.623. The van der Waals surface area contributed by atoms with Crippen molar-refractivity contribution in [1.82, 2.24) is 4.98 Å². The fraction of sp³-hybridized carbons (Fsp3) is 0.500. The van der Waals surface area contributed by atoms with Gasteiger partial charge in [-0.1, -0.05) is 0 Å². The third kappa shape index (κ3) is 1.20. The second-order valence-electron chi connectivity index (χ2n) is 2.84. The molecule has 0 N–H and O–H groups in total. The van der Waals surface area contributed by atoms with Crippen LogP contribution in [0.2, 0.25) is 0 Å². The monoisotopic (exact) mass is 167 g/mol. The molecule has 0 aromatic carbocycles. The third-order valence-electron chi connectivity index (χ3n) is 1.84. The Morgan fingerprint density at radius 2 is 2.50 bits per heavy atom. The molecule has 1 saturated carbocycles. The normalized spacial score (nSPS) is 16.1. The Balaban J connectivity index is 2.17. The summed E-state index contributed by atoms with van der Waals surface area (Å²) < 4.78 is 9.59. The lowest BCUT2D eigenvalue weighted by molar-refractivity contribution is 0.0594. The summed E-state index contributed by atoms with van der Waals surface area (Å²) in [5.41, 5.74) is 0.263. The Morgan fingerprint density at radius 3 is 3.08 bits per heavy atom. The first kappa shape index (κ1) is 7.34. The van der Waals surface area contributed by atoms with Crippen molar-refractivity contribution in [1.29, 1.82) is 0 Å². The molecular weight excluding hydrogens is 158 g/mol. The van der Waals surface area contributed by atoms with Crippen molar-refractivity contribution in [2.75, 3.05) is 7.11 Å². The van der Waals surface area contributed by atoms with Gasteiger partial charge in [0, 0.05) is 5.92 Å². The van der Waals surface area contributed by atoms with Gasteiger partial charge in [-0.3, -0.25) is 0 Å². The fourth-order valence-electron chi connectivity index (χ4n) is 1.00. The standard InChI is InChI=1S/C8H9NO3/c1-11-8(10)6-4-12-7(9-6)5-2-3-5/h4-5H,2-3H2,1H3. The van der Waals surface area contributed by atoms with E-state index < -0.39 is 5.97 Å². The summed E-state index contributed by atoms with van der Waals surface area (Å²) in [6, 6.07) is 0. The van der Waals surface area contributed by atoms with E-state index >= 15 is 0 Å². The van der Waals surface area contributed by atoms with Crippen LogP contribution in [-0.2, 0) is 4.74 Å². The van der Waals surface area contributed by atoms with Crippen LogP contribution in [-0.4, -0.2) is 18.1 Å². The second-order valence-corrected chi connectivity index (χ2v) is 2.84. The van der Waals surface area contributed by atoms with E-state index in [2.05, 4.69) is 9.72 Å². The molecule has 0 saturated heterocycles. The van der Waals surface area contributed by atoms with Gasteiger partial charge in [0.25, 0.3) is 0 Å². The van der Waals surface area contributed by atoms with Gasteiger partial charge in [0.05, 0.1) is 7.11 Å². The maximum atomic E-state index is 10.9. The lowest BCUT2D eigenvalue weighted by Crippen LogP contribution is -2.01. The first-order chi connectivity index (χ1) is 5.81. The first-order valence-electron chi connectivity index (χ1n) is 3.85. The molecule has 1 aliphatic rings. The van der Waals surface area contributed by atoms with Gasteiger partial charge < -0.3 is 9.15 Å². The number of nitrogens with zero attached hydrogens (tertiary/aromatic N) is 1. The summed E-state index contributed by atoms with van der Waals surface area (Å²) >= 11 is 0. The van der Waals surface area contributed by atoms with E-state index in [9.17, 15) is 4.79 Å². The molecule has 0 spiro atoms. The van der Waals surface area contributed by atoms with Gasteiger partial charge in [-0.25, -0.2) is 9.78 Å². The van der Waals surface area contributed by atoms with Crippen LogP contribution in [0.1, 0.15) is 35.1 Å². The molecule has 1 fully saturated rings. The Bertz CT molecular complexity index is 301. The molecule has 0 atom stereocenters. The summed E-state index contributed by atoms with van der Waals surface area (Å²) in [6.07, 6.45) is 3.57. The van der Waals surface area contributed by atoms with Gasteiger partial charge in [0.15, 0.2) is 11.6 Å². The van der Waals surface area contributed by atoms with Gasteiger partial charge in [-0.15, -0.1) is 0 Å². The molecule has 0 unspecified atom stereocenters. The lowest BCUT2D eigenvalue weighted by atomic mass is 10.4. The SMILES string of the molecule is COC(=O)c1coc(C2CC2)n1. The molecule has 4 nitrogen and oxygen atoms in total. The highest BCUT2D eigenvalue weighted by Gasteiger charge is 2.29. The van der Waals surface area contributed by atoms with Crippen LogP contribution in [0.4, 0.5) is 0 Å². The fourth-order valence-corrected chi connectivity index (χ4v) is 1.00. The molecule has 0 aliphatic heterocycles. The molecule has 0 amide bonds. The van der Waals surface area contributed by atoms with Gasteiger partial charge >= 0.3 is 5.97 Å². The Labute approximate surface area is 69.5 Å². The highest BCUT2D eigenvalue weighted by Crippen LogP contribution is 2.39. The first-order valence-corrected chi connectivity index (χ1v) is 3.85. The summed E-state index contributed by atoms with van der Waals surface area (Å²) in [7, 11) is 1.33. The largest absolute Gasteiger partial charge is 0.464 e. The zero-order valence-corrected chi connectivity index (χ0v) is 6.74. The van der Waals surface area contributed by atoms with Crippen molar-refractivity contribution in [2.24, 2.45) is 0 Å². The zero-order chi connectivity index (χ0) is 8.55. The number of aromatic nitrogens is 1. The predicted molar refractivity (Wildman–Crippen MR) is 39.8 cm³/mol. The van der Waals surface area contributed by atoms with Crippen LogP contribution in [0.15, 0.2) is 10.7 Å². The van der Waals surface area contributed by atoms with Gasteiger partial charge in [-0.2, -0.15) is 0 Å². The number of rotatable bonds is 2. The molecule has 12 heavy (non-hydrogen) atoms. The van der Waals surface area contributed by atoms with E-state index in [1.54, 1.807) is 0 Å². The minimum atomic E-state index is -0.439. The van der Waals surface area contributed by atoms with Crippen molar-refractivity contribution in [3.63, 3.8) is 0 Å². The summed E-state index contributed by atoms with van der Waals surface area (Å²) in [4.78, 5) is 14.9. The van der Waals surface area contributed by atoms with Gasteiger partial charge in [0.2, 0.25) is 0 Å². The van der Waals surface area contributed by atoms with Crippen LogP contribution in [0, 0.1) is 0 Å². The van der Waals surface area contributed by atoms with E-state index in [0.717, 1.165) is 12.8 Å². The maximum absolute atomic E-state index is 10.9. The number of hydrogen-bond acceptors (Lipinski definition) is 4. The number of ether oxygens (including phenoxy) is 1. The zero-order valence-electron chi connectivity index (χ0n) is 6.74. The van der Waals surface area contributed by atoms with Crippen molar-refractivity contribution in [2.45, 2.75) is 18.8 Å². The van der Waals surface area contributed by atoms with Crippen molar-refractivity contribution < 1.29 is 13.9 Å². The minimum absolute atomic E-state index is 0.263. The van der Waals surface area contributed by atoms with E-state index in [1.807, 2.05) is 0 Å². The second kappa shape index (κ2) is 2.62. The topological polar surface area (TPSA) is 52.3 Å². The summed E-state index contributed by atoms with van der Waals surface area (Å²) in [5, 5.41) is 0. The molecule has 2 rings (SSSR count). The van der Waals surface area contributed by atoms with E-state index in [-0.39, 0.29) is 5.69 Å². The highest BCUT2D eigenvalue weighted by molar-refractivity contribution is 5.86. The van der Waals surface area contributed by atoms with Crippen LogP contribution in [0.3, 0.4) is 0 Å². The average Bonchev–Trinajstić information content (AvgIpc) is 2.83. The summed E-state index contributed by atoms with van der Waals surface area (Å²) in [5.74, 6) is 0.657. The van der Waals surface area contributed by atoms with Crippen LogP contribution >= 0.6 is 0 Å². The van der Waals surface area contributed by atoms with Gasteiger partial charge in [-0.05, 0) is 12.8 Å². The highest BCUT2D eigenvalue weighted by atomic mass is 16.5. The molecule has 0 radical (unpaired) electrons. The van der Waals surface area contributed by atoms with E-state index in [1.165, 1.54) is 13.4 Å². The van der Waals surface area contributed by atoms with Crippen molar-refractivity contribution in [3.8, 4) is 0 Å². The van der Waals surface area contributed by atoms with Crippen LogP contribution in [0.5, 0.6) is 0 Å². The van der Waals surface area contributed by atoms with E-state index in [0.29, 0.717) is 11.8 Å². The van der Waals surface area contributed by atoms with E-state index in [4.69, 9.17) is 4.42 Å². The maximum Gasteiger partial charge on any atom is 0.360 e. The smallest absolute Gasteiger partial charge is 0.360 e. The molecular formula is C8H9NO3. The van der Waals surface area contributed by atoms with Crippen LogP contribution in [0.25, 0.3) is 0 Å². The number of methoxy groups -OCH3 is 1. The summed E-state index contributed by atoms with van der Waals surface area (Å²) in [6.45, 7) is 0. The molecule has 1 heterocycles. The average molecular weight is 167 g/mol. The predicted octanol–water partition coefficient (Wildman–Crippen LogP) is 1.34. The Morgan fingerprint density at radius 1 is 1.75 bits per heavy atom. The molecule has 1 aromatic heterocycles. The molecule has 1 aliphatic carbocycles. The lowest BCUT2D eigenvalue weighted by Gasteiger charge is -1.89. The van der Waals surface area contributed by atoms with Gasteiger partial charge in [0.1, 0.15) is 6.26 Å². The van der Waals surface area contributed by atoms with Crippen molar-refractivity contribution in [3.05, 3.63) is 17.8 Å². The minimum Gasteiger partial charge on any atom is -0.464 e. The number of esters is 1. The van der Waals surface area contributed by atoms with Crippen molar-refractivity contribution >= 4 is 5.97 Å². The third-order valence-corrected chi connectivity index (χ3v) is 1.84. The molecule has 4 heteroatoms. The number of carbonyl (C=O) groups excluding carboxylic acids is 1.